The van der Waals surface area contributed by atoms with Gasteiger partial charge in [0, 0.05) is 47.7 Å². The minimum Gasteiger partial charge on any atom is -0.359 e. The molecule has 3 heteroatoms. The lowest BCUT2D eigenvalue weighted by Gasteiger charge is -2.26. The van der Waals surface area contributed by atoms with Gasteiger partial charge < -0.3 is 4.98 Å². The number of aryl methyl sites for hydroxylation is 1. The lowest BCUT2D eigenvalue weighted by Crippen LogP contribution is -2.31. The Bertz CT molecular complexity index is 815. The molecule has 1 aromatic heterocycles. The van der Waals surface area contributed by atoms with Crippen LogP contribution in [0.1, 0.15) is 11.3 Å². The third kappa shape index (κ3) is 3.31. The number of nitrogens with zero attached hydrogens (tertiary/aromatic N) is 1. The summed E-state index contributed by atoms with van der Waals surface area (Å²) in [5.41, 5.74) is 6.46. The maximum absolute atomic E-state index is 3.39. The molecule has 1 aliphatic rings. The first kappa shape index (κ1) is 14.9. The van der Waals surface area contributed by atoms with Crippen LogP contribution in [-0.2, 0) is 6.54 Å². The minimum absolute atomic E-state index is 1.07. The molecule has 1 aliphatic heterocycles. The van der Waals surface area contributed by atoms with Crippen LogP contribution in [0.25, 0.3) is 22.0 Å². The van der Waals surface area contributed by atoms with E-state index < -0.39 is 0 Å². The number of nitrogens with one attached hydrogen (secondary N) is 1. The number of hydrogen-bond acceptors (Lipinski definition) is 2. The van der Waals surface area contributed by atoms with E-state index in [1.165, 1.54) is 57.9 Å². The van der Waals surface area contributed by atoms with E-state index in [0.717, 1.165) is 6.54 Å². The largest absolute Gasteiger partial charge is 0.359 e. The highest BCUT2D eigenvalue weighted by molar-refractivity contribution is 7.99. The topological polar surface area (TPSA) is 19.0 Å². The molecular weight excluding hydrogens is 300 g/mol. The van der Waals surface area contributed by atoms with Crippen LogP contribution in [0.3, 0.4) is 0 Å². The van der Waals surface area contributed by atoms with Crippen LogP contribution in [0.5, 0.6) is 0 Å². The molecule has 0 amide bonds. The first-order valence-electron chi connectivity index (χ1n) is 8.27. The SMILES string of the molecule is Cc1cc2cc(-c3cccc(CN4CCSCC4)c3)ccc2[nH]1. The first-order valence-corrected chi connectivity index (χ1v) is 9.42. The van der Waals surface area contributed by atoms with E-state index >= 15 is 0 Å². The van der Waals surface area contributed by atoms with Crippen LogP contribution in [-0.4, -0.2) is 34.5 Å². The smallest absolute Gasteiger partial charge is 0.0456 e. The Morgan fingerprint density at radius 1 is 1.00 bits per heavy atom. The molecule has 2 aromatic carbocycles. The molecule has 0 atom stereocenters. The number of benzene rings is 2. The number of hydrogen-bond donors (Lipinski definition) is 1. The zero-order valence-electron chi connectivity index (χ0n) is 13.5. The van der Waals surface area contributed by atoms with Gasteiger partial charge >= 0.3 is 0 Å². The monoisotopic (exact) mass is 322 g/mol. The van der Waals surface area contributed by atoms with Gasteiger partial charge in [-0.15, -0.1) is 0 Å². The fourth-order valence-corrected chi connectivity index (χ4v) is 4.30. The van der Waals surface area contributed by atoms with Gasteiger partial charge in [-0.05, 0) is 47.9 Å². The third-order valence-corrected chi connectivity index (χ3v) is 5.47. The molecule has 23 heavy (non-hydrogen) atoms. The van der Waals surface area contributed by atoms with E-state index in [2.05, 4.69) is 77.1 Å². The van der Waals surface area contributed by atoms with E-state index in [1.54, 1.807) is 0 Å². The van der Waals surface area contributed by atoms with Gasteiger partial charge in [-0.3, -0.25) is 4.90 Å². The van der Waals surface area contributed by atoms with Crippen LogP contribution < -0.4 is 0 Å². The van der Waals surface area contributed by atoms with Crippen LogP contribution in [0, 0.1) is 6.92 Å². The predicted molar refractivity (Wildman–Crippen MR) is 101 cm³/mol. The van der Waals surface area contributed by atoms with E-state index in [9.17, 15) is 0 Å². The highest BCUT2D eigenvalue weighted by Gasteiger charge is 2.11. The summed E-state index contributed by atoms with van der Waals surface area (Å²) in [6.45, 7) is 5.60. The summed E-state index contributed by atoms with van der Waals surface area (Å²) in [5, 5.41) is 1.29. The first-order chi connectivity index (χ1) is 11.3. The van der Waals surface area contributed by atoms with Crippen molar-refractivity contribution >= 4 is 22.7 Å². The summed E-state index contributed by atoms with van der Waals surface area (Å²) in [4.78, 5) is 5.96. The molecule has 2 nitrogen and oxygen atoms in total. The number of H-pyrrole nitrogens is 1. The second kappa shape index (κ2) is 6.42. The molecule has 0 aliphatic carbocycles. The normalized spacial score (nSPS) is 16.0. The van der Waals surface area contributed by atoms with Gasteiger partial charge in [0.05, 0.1) is 0 Å². The van der Waals surface area contributed by atoms with Gasteiger partial charge in [-0.2, -0.15) is 11.8 Å². The standard InChI is InChI=1S/C20H22N2S/c1-15-11-19-13-18(5-6-20(19)21-15)17-4-2-3-16(12-17)14-22-7-9-23-10-8-22/h2-6,11-13,21H,7-10,14H2,1H3. The molecule has 0 unspecified atom stereocenters. The molecule has 118 valence electrons. The molecule has 1 fully saturated rings. The lowest BCUT2D eigenvalue weighted by atomic mass is 10.0. The summed E-state index contributed by atoms with van der Waals surface area (Å²) < 4.78 is 0. The Morgan fingerprint density at radius 3 is 2.70 bits per heavy atom. The molecule has 0 saturated carbocycles. The van der Waals surface area contributed by atoms with E-state index in [0.29, 0.717) is 0 Å². The Labute approximate surface area is 141 Å². The Hall–Kier alpha value is -1.71. The van der Waals surface area contributed by atoms with Crippen molar-refractivity contribution in [2.75, 3.05) is 24.6 Å². The highest BCUT2D eigenvalue weighted by Crippen LogP contribution is 2.26. The van der Waals surface area contributed by atoms with E-state index in [1.807, 2.05) is 0 Å². The van der Waals surface area contributed by atoms with Gasteiger partial charge in [-0.25, -0.2) is 0 Å². The molecular formula is C20H22N2S. The van der Waals surface area contributed by atoms with Crippen molar-refractivity contribution in [2.45, 2.75) is 13.5 Å². The Kier molecular flexibility index (Phi) is 4.15. The fourth-order valence-electron chi connectivity index (χ4n) is 3.32. The molecule has 4 rings (SSSR count). The Balaban J connectivity index is 1.60. The van der Waals surface area contributed by atoms with Crippen molar-refractivity contribution in [3.63, 3.8) is 0 Å². The van der Waals surface area contributed by atoms with Crippen LogP contribution in [0.15, 0.2) is 48.5 Å². The van der Waals surface area contributed by atoms with Crippen molar-refractivity contribution in [1.82, 2.24) is 9.88 Å². The van der Waals surface area contributed by atoms with Crippen LogP contribution >= 0.6 is 11.8 Å². The minimum atomic E-state index is 1.07. The van der Waals surface area contributed by atoms with Gasteiger partial charge in [0.2, 0.25) is 0 Å². The zero-order chi connectivity index (χ0) is 15.6. The summed E-state index contributed by atoms with van der Waals surface area (Å²) in [7, 11) is 0. The average Bonchev–Trinajstić information content (AvgIpc) is 2.95. The number of aromatic nitrogens is 1. The van der Waals surface area contributed by atoms with Crippen LogP contribution in [0.2, 0.25) is 0 Å². The molecule has 3 aromatic rings. The molecule has 1 saturated heterocycles. The van der Waals surface area contributed by atoms with Crippen molar-refractivity contribution in [3.8, 4) is 11.1 Å². The van der Waals surface area contributed by atoms with Crippen molar-refractivity contribution < 1.29 is 0 Å². The fraction of sp³-hybridized carbons (Fsp3) is 0.300. The summed E-state index contributed by atoms with van der Waals surface area (Å²) in [6.07, 6.45) is 0. The van der Waals surface area contributed by atoms with Gasteiger partial charge in [0.15, 0.2) is 0 Å². The highest BCUT2D eigenvalue weighted by atomic mass is 32.2. The second-order valence-corrected chi connectivity index (χ2v) is 7.57. The molecule has 2 heterocycles. The number of fused-ring (bicyclic) bond motifs is 1. The quantitative estimate of drug-likeness (QED) is 0.754. The molecule has 0 radical (unpaired) electrons. The van der Waals surface area contributed by atoms with Gasteiger partial charge in [-0.1, -0.05) is 24.3 Å². The number of aromatic amines is 1. The zero-order valence-corrected chi connectivity index (χ0v) is 14.3. The Morgan fingerprint density at radius 2 is 1.83 bits per heavy atom. The third-order valence-electron chi connectivity index (χ3n) is 4.53. The van der Waals surface area contributed by atoms with Crippen molar-refractivity contribution in [1.29, 1.82) is 0 Å². The molecule has 0 spiro atoms. The second-order valence-electron chi connectivity index (χ2n) is 6.34. The van der Waals surface area contributed by atoms with Crippen molar-refractivity contribution in [3.05, 3.63) is 59.8 Å². The summed E-state index contributed by atoms with van der Waals surface area (Å²) in [5.74, 6) is 2.53. The maximum Gasteiger partial charge on any atom is 0.0456 e. The summed E-state index contributed by atoms with van der Waals surface area (Å²) >= 11 is 2.07. The molecule has 0 bridgehead atoms. The molecule has 1 N–H and O–H groups in total. The van der Waals surface area contributed by atoms with Crippen LogP contribution in [0.4, 0.5) is 0 Å². The van der Waals surface area contributed by atoms with Crippen molar-refractivity contribution in [2.24, 2.45) is 0 Å². The lowest BCUT2D eigenvalue weighted by molar-refractivity contribution is 0.294. The van der Waals surface area contributed by atoms with E-state index in [-0.39, 0.29) is 0 Å². The number of rotatable bonds is 3. The van der Waals surface area contributed by atoms with E-state index in [4.69, 9.17) is 0 Å². The van der Waals surface area contributed by atoms with Gasteiger partial charge in [0.1, 0.15) is 0 Å². The number of thioether (sulfide) groups is 1. The maximum atomic E-state index is 3.39. The van der Waals surface area contributed by atoms with Gasteiger partial charge in [0.25, 0.3) is 0 Å². The summed E-state index contributed by atoms with van der Waals surface area (Å²) in [6, 6.07) is 17.9. The average molecular weight is 322 g/mol. The predicted octanol–water partition coefficient (Wildman–Crippen LogP) is 4.69.